The van der Waals surface area contributed by atoms with Crippen LogP contribution in [-0.4, -0.2) is 173 Å². The number of carbonyl (C=O) groups is 5. The van der Waals surface area contributed by atoms with Crippen molar-refractivity contribution in [3.05, 3.63) is 302 Å². The molecule has 7 aromatic carbocycles. The fraction of sp³-hybridized carbons (Fsp3) is 0.359. The van der Waals surface area contributed by atoms with E-state index in [2.05, 4.69) is 35.0 Å². The summed E-state index contributed by atoms with van der Waals surface area (Å²) in [6.07, 6.45) is -19.4. The number of nitrogens with zero attached hydrogens (tertiary/aromatic N) is 6. The van der Waals surface area contributed by atoms with Gasteiger partial charge in [-0.15, -0.1) is 0 Å². The number of nitrogen functional groups attached to an aromatic ring is 3. The number of carbonyl (C=O) groups excluding carboxylic acids is 5. The lowest BCUT2D eigenvalue weighted by Gasteiger charge is -2.27. The molecule has 0 radical (unpaired) electrons. The van der Waals surface area contributed by atoms with E-state index in [4.69, 9.17) is 82.5 Å². The van der Waals surface area contributed by atoms with E-state index in [0.717, 1.165) is 42.4 Å². The quantitative estimate of drug-likeness (QED) is 0.00457. The van der Waals surface area contributed by atoms with Gasteiger partial charge in [0.1, 0.15) is 96.4 Å². The van der Waals surface area contributed by atoms with Gasteiger partial charge in [0.2, 0.25) is 65.7 Å². The number of anilines is 3. The lowest BCUT2D eigenvalue weighted by atomic mass is 10.1. The summed E-state index contributed by atoms with van der Waals surface area (Å²) in [6.45, 7) is 10.1. The first-order chi connectivity index (χ1) is 68.6. The third-order valence-corrected chi connectivity index (χ3v) is 25.3. The molecule has 3 aromatic heterocycles. The molecular weight excluding hydrogens is 2020 g/mol. The van der Waals surface area contributed by atoms with Crippen molar-refractivity contribution >= 4 is 70.7 Å². The largest absolute Gasteiger partial charge is 0.509 e. The monoisotopic (exact) mass is 2120 g/mol. The van der Waals surface area contributed by atoms with Gasteiger partial charge in [0.05, 0.1) is 26.0 Å². The van der Waals surface area contributed by atoms with Crippen LogP contribution in [0.25, 0.3) is 0 Å². The Hall–Kier alpha value is -13.6. The highest BCUT2D eigenvalue weighted by Crippen LogP contribution is 2.53. The van der Waals surface area contributed by atoms with Crippen LogP contribution < -0.4 is 63.1 Å². The number of aliphatic hydroxyl groups is 2. The summed E-state index contributed by atoms with van der Waals surface area (Å²) in [5.41, 5.74) is 13.2. The van der Waals surface area contributed by atoms with Crippen LogP contribution in [0.5, 0.6) is 17.2 Å². The Kier molecular flexibility index (Phi) is 38.8. The van der Waals surface area contributed by atoms with Crippen molar-refractivity contribution in [2.75, 3.05) is 37.0 Å². The third-order valence-electron chi connectivity index (χ3n) is 20.0. The summed E-state index contributed by atoms with van der Waals surface area (Å²) >= 11 is 0. The minimum absolute atomic E-state index is 0.0461. The van der Waals surface area contributed by atoms with Gasteiger partial charge in [0.15, 0.2) is 6.10 Å². The second-order valence-corrected chi connectivity index (χ2v) is 39.4. The molecule has 0 amide bonds. The zero-order chi connectivity index (χ0) is 107. The number of alkyl halides is 6. The molecule has 146 heavy (non-hydrogen) atoms. The van der Waals surface area contributed by atoms with Crippen LogP contribution in [0, 0.1) is 29.1 Å². The first kappa shape index (κ1) is 114. The van der Waals surface area contributed by atoms with Crippen LogP contribution in [0.15, 0.2) is 233 Å². The van der Waals surface area contributed by atoms with Gasteiger partial charge in [-0.2, -0.15) is 60.2 Å². The third kappa shape index (κ3) is 31.5. The molecule has 0 spiro atoms. The molecule has 0 unspecified atom stereocenters. The number of halogens is 11. The van der Waals surface area contributed by atoms with Gasteiger partial charge in [0, 0.05) is 18.6 Å². The summed E-state index contributed by atoms with van der Waals surface area (Å²) < 4.78 is 281. The van der Waals surface area contributed by atoms with E-state index in [1.165, 1.54) is 98.7 Å². The highest BCUT2D eigenvalue weighted by molar-refractivity contribution is 7.56. The molecule has 40 nitrogen and oxygen atoms in total. The highest BCUT2D eigenvalue weighted by atomic mass is 31.2. The van der Waals surface area contributed by atoms with E-state index in [0.29, 0.717) is 30.4 Å². The minimum Gasteiger partial charge on any atom is -0.460 e. The average Bonchev–Trinajstić information content (AvgIpc) is 1.52. The van der Waals surface area contributed by atoms with E-state index in [1.807, 2.05) is 0 Å². The fourth-order valence-corrected chi connectivity index (χ4v) is 18.2. The Morgan fingerprint density at radius 3 is 1.05 bits per heavy atom. The SMILES string of the molecule is CC(C)(C)OC(=O)O[C@@H]1[C@@H](CO)O[C@@H](n2ccc(N)nc2=O)C1(F)F.C[C@H](N[P@@](=O)(Cc1ccccc1)Oc1c(F)c(F)c(F)c(F)c1F)C(=O)OCc1ccccc1.C[C@H](N[P@@](=O)(OC[C@H]1O[C@@H](n2ccc(N)nc2=O)C(F)(F)[C@@H]1O)Oc1ccccc1)C(=O)OCc1ccccc1.C[C@H](N[P@@](=O)(OC[C@H]1O[C@@H](n2ccc(N)nc2=O)C(F)(F)[C@@H]1OC(=O)OC(C)(C)C)Oc1ccccc1)C(=O)OCc1ccccc1. The molecule has 0 aliphatic carbocycles. The number of para-hydroxylation sites is 2. The van der Waals surface area contributed by atoms with Crippen LogP contribution in [-0.2, 0) is 110 Å². The van der Waals surface area contributed by atoms with Crippen molar-refractivity contribution < 1.29 is 166 Å². The highest BCUT2D eigenvalue weighted by Gasteiger charge is 2.65. The Labute approximate surface area is 823 Å². The maximum absolute atomic E-state index is 15.9. The molecule has 3 aliphatic heterocycles. The summed E-state index contributed by atoms with van der Waals surface area (Å²) in [4.78, 5) is 109. The zero-order valence-electron chi connectivity index (χ0n) is 78.6. The number of rotatable bonds is 35. The van der Waals surface area contributed by atoms with Crippen LogP contribution >= 0.6 is 23.0 Å². The standard InChI is InChI=1S/C30H35F2N4O10P.C25H27F2N4O8P.C23H19F5NO4P.C14H19F2N3O6/c1-19(25(37)41-17-20-11-7-5-8-12-20)35-47(40,46-21-13-9-6-10-14-21)42-18-22-24(44-28(39)45-29(2,3)4)30(31,32)26(43-22)36-16-15-23(33)34-27(36)38;1-16(22(33)36-14-17-8-4-2-5-9-17)30-40(35,39-18-10-6-3-7-11-18)37-15-19-21(32)25(26,27)23(38-19)31-13-12-20(28)29-24(31)34;1-14(23(30)32-12-15-8-4-2-5-9-15)29-34(31,13-16-10-6-3-7-11-16)33-22-20(27)18(25)17(24)19(26)21(22)28;1-13(2,3)25-12(22)24-9-7(6-20)23-10(14(9,15)16)19-5-4-8(17)18-11(19)21/h5-16,19,22,24,26H,17-18H2,1-4H3,(H,35,40)(H2,33,34,38);2-13,16,19,21,23,32H,14-15H2,1H3,(H,30,35)(H2,28,29,34);2-11,14H,12-13H2,1H3,(H,29,31);4-5,7,9-10,20H,6H2,1-3H3,(H2,17,18,21)/t19-,22+,24+,26+,47+;16-,19+,21+,23+,40+;14-,34+;7-,9-,10-/m0001/s1. The maximum Gasteiger partial charge on any atom is 0.509 e. The van der Waals surface area contributed by atoms with Gasteiger partial charge in [-0.25, -0.2) is 51.4 Å². The molecule has 13 rings (SSSR count). The van der Waals surface area contributed by atoms with E-state index >= 15 is 8.78 Å². The molecule has 11 N–H and O–H groups in total. The van der Waals surface area contributed by atoms with E-state index in [-0.39, 0.29) is 48.8 Å². The van der Waals surface area contributed by atoms with Gasteiger partial charge in [-0.05, 0) is 127 Å². The molecule has 15 atom stereocenters. The van der Waals surface area contributed by atoms with Crippen molar-refractivity contribution in [3.63, 3.8) is 0 Å². The molecule has 3 saturated heterocycles. The van der Waals surface area contributed by atoms with Crippen molar-refractivity contribution in [2.45, 2.75) is 191 Å². The molecular formula is C92H100F11N12O28P3. The topological polar surface area (TPSA) is 534 Å². The van der Waals surface area contributed by atoms with Crippen LogP contribution in [0.1, 0.15) is 103 Å². The Morgan fingerprint density at radius 1 is 0.425 bits per heavy atom. The van der Waals surface area contributed by atoms with Gasteiger partial charge < -0.3 is 88.4 Å². The Morgan fingerprint density at radius 2 is 0.719 bits per heavy atom. The van der Waals surface area contributed by atoms with E-state index in [9.17, 15) is 102 Å². The number of hydrogen-bond donors (Lipinski definition) is 8. The number of benzene rings is 7. The molecule has 0 bridgehead atoms. The predicted molar refractivity (Wildman–Crippen MR) is 493 cm³/mol. The number of hydrogen-bond acceptors (Lipinski definition) is 34. The summed E-state index contributed by atoms with van der Waals surface area (Å²) in [5, 5.41) is 26.8. The molecule has 54 heteroatoms. The lowest BCUT2D eigenvalue weighted by Crippen LogP contribution is -2.45. The van der Waals surface area contributed by atoms with Gasteiger partial charge in [-0.3, -0.25) is 41.7 Å². The van der Waals surface area contributed by atoms with Gasteiger partial charge in [0.25, 0.3) is 0 Å². The second kappa shape index (κ2) is 49.6. The van der Waals surface area contributed by atoms with Gasteiger partial charge in [-0.1, -0.05) is 158 Å². The number of ether oxygens (including phenoxy) is 10. The number of esters is 3. The molecule has 3 fully saturated rings. The first-order valence-corrected chi connectivity index (χ1v) is 48.5. The maximum atomic E-state index is 15.9. The van der Waals surface area contributed by atoms with Crippen molar-refractivity contribution in [3.8, 4) is 17.2 Å². The average molecular weight is 2120 g/mol. The molecule has 10 aromatic rings. The van der Waals surface area contributed by atoms with Crippen molar-refractivity contribution in [1.82, 2.24) is 43.9 Å². The number of aliphatic hydroxyl groups excluding tert-OH is 2. The number of nitrogens with one attached hydrogen (secondary N) is 3. The fourth-order valence-electron chi connectivity index (χ4n) is 13.2. The summed E-state index contributed by atoms with van der Waals surface area (Å²) in [7, 11) is -13.5. The molecule has 3 aliphatic rings. The number of aromatic nitrogens is 6. The van der Waals surface area contributed by atoms with Crippen LogP contribution in [0.3, 0.4) is 0 Å². The molecule has 788 valence electrons. The zero-order valence-corrected chi connectivity index (χ0v) is 81.3. The predicted octanol–water partition coefficient (Wildman–Crippen LogP) is 13.8. The number of nitrogens with two attached hydrogens (primary N) is 3. The Balaban J connectivity index is 0.000000204. The van der Waals surface area contributed by atoms with Crippen molar-refractivity contribution in [1.29, 1.82) is 0 Å². The smallest absolute Gasteiger partial charge is 0.460 e. The summed E-state index contributed by atoms with van der Waals surface area (Å²) in [5.74, 6) is -28.0. The summed E-state index contributed by atoms with van der Waals surface area (Å²) in [6, 6.07) is 49.1. The van der Waals surface area contributed by atoms with Crippen LogP contribution in [0.4, 0.5) is 75.3 Å². The first-order valence-electron chi connectivity index (χ1n) is 43.6. The molecule has 0 saturated carbocycles. The lowest BCUT2D eigenvalue weighted by molar-refractivity contribution is -0.149. The van der Waals surface area contributed by atoms with Gasteiger partial charge >= 0.3 is 88.1 Å². The van der Waals surface area contributed by atoms with Crippen LogP contribution in [0.2, 0.25) is 0 Å². The Bertz CT molecular complexity index is 6440. The van der Waals surface area contributed by atoms with Crippen molar-refractivity contribution in [2.24, 2.45) is 0 Å². The van der Waals surface area contributed by atoms with E-state index < -0.39 is 234 Å². The van der Waals surface area contributed by atoms with E-state index in [1.54, 1.807) is 146 Å². The second-order valence-electron chi connectivity index (χ2n) is 33.9. The molecule has 6 heterocycles. The minimum atomic E-state index is -4.59. The normalized spacial score (nSPS) is 20.4.